The molecule has 0 radical (unpaired) electrons. The van der Waals surface area contributed by atoms with Crippen molar-refractivity contribution in [2.75, 3.05) is 6.61 Å². The molecule has 3 atom stereocenters. The van der Waals surface area contributed by atoms with Gasteiger partial charge in [-0.05, 0) is 12.8 Å². The van der Waals surface area contributed by atoms with Crippen LogP contribution in [0.15, 0.2) is 0 Å². The van der Waals surface area contributed by atoms with Crippen LogP contribution >= 0.6 is 0 Å². The number of esters is 1. The zero-order valence-corrected chi connectivity index (χ0v) is 10.3. The lowest BCUT2D eigenvalue weighted by molar-refractivity contribution is -0.148. The van der Waals surface area contributed by atoms with Crippen molar-refractivity contribution in [3.05, 3.63) is 5.53 Å². The minimum Gasteiger partial charge on any atom is -0.465 e. The zero-order chi connectivity index (χ0) is 12.8. The predicted molar refractivity (Wildman–Crippen MR) is 59.2 cm³/mol. The highest BCUT2D eigenvalue weighted by molar-refractivity contribution is 6.43. The van der Waals surface area contributed by atoms with E-state index in [0.29, 0.717) is 0 Å². The van der Waals surface area contributed by atoms with E-state index in [4.69, 9.17) is 10.3 Å². The van der Waals surface area contributed by atoms with Gasteiger partial charge in [0.25, 0.3) is 0 Å². The first-order valence-electron chi connectivity index (χ1n) is 5.77. The van der Waals surface area contributed by atoms with Gasteiger partial charge in [-0.3, -0.25) is 9.59 Å². The maximum atomic E-state index is 12.1. The zero-order valence-electron chi connectivity index (χ0n) is 10.3. The topological polar surface area (TPSA) is 79.8 Å². The first-order valence-corrected chi connectivity index (χ1v) is 5.77. The molecule has 17 heavy (non-hydrogen) atoms. The minimum atomic E-state index is -0.575. The van der Waals surface area contributed by atoms with E-state index in [1.54, 1.807) is 0 Å². The van der Waals surface area contributed by atoms with E-state index in [1.807, 2.05) is 13.8 Å². The summed E-state index contributed by atoms with van der Waals surface area (Å²) >= 11 is 0. The van der Waals surface area contributed by atoms with Crippen LogP contribution in [-0.4, -0.2) is 28.9 Å². The molecule has 92 valence electrons. The van der Waals surface area contributed by atoms with Crippen LogP contribution in [0, 0.1) is 16.7 Å². The minimum absolute atomic E-state index is 0.106. The quantitative estimate of drug-likeness (QED) is 0.411. The summed E-state index contributed by atoms with van der Waals surface area (Å²) in [7, 11) is 0. The summed E-state index contributed by atoms with van der Waals surface area (Å²) in [5, 5.41) is 0. The van der Waals surface area contributed by atoms with Gasteiger partial charge in [0, 0.05) is 17.8 Å². The fourth-order valence-corrected chi connectivity index (χ4v) is 3.30. The van der Waals surface area contributed by atoms with E-state index in [0.717, 1.165) is 12.8 Å². The molecule has 0 spiro atoms. The van der Waals surface area contributed by atoms with Gasteiger partial charge < -0.3 is 10.3 Å². The number of hydrogen-bond acceptors (Lipinski definition) is 3. The molecule has 0 aliphatic heterocycles. The maximum absolute atomic E-state index is 12.1. The van der Waals surface area contributed by atoms with Crippen LogP contribution in [0.1, 0.15) is 33.6 Å². The number of hydrogen-bond donors (Lipinski definition) is 0. The Morgan fingerprint density at radius 1 is 1.59 bits per heavy atom. The third-order valence-electron chi connectivity index (χ3n) is 4.71. The monoisotopic (exact) mass is 236 g/mol. The molecule has 0 amide bonds. The number of carbonyl (C=O) groups is 2. The maximum Gasteiger partial charge on any atom is 0.338 e. The molecular weight excluding hydrogens is 220 g/mol. The van der Waals surface area contributed by atoms with Gasteiger partial charge in [0.05, 0.1) is 12.5 Å². The molecule has 2 aliphatic rings. The van der Waals surface area contributed by atoms with Gasteiger partial charge in [-0.25, -0.2) is 0 Å². The van der Waals surface area contributed by atoms with E-state index in [9.17, 15) is 9.59 Å². The summed E-state index contributed by atoms with van der Waals surface area (Å²) in [6.45, 7) is 5.36. The van der Waals surface area contributed by atoms with Gasteiger partial charge in [0.1, 0.15) is 0 Å². The molecule has 0 aromatic carbocycles. The smallest absolute Gasteiger partial charge is 0.338 e. The number of ether oxygens (including phenoxy) is 1. The first kappa shape index (κ1) is 12.0. The van der Waals surface area contributed by atoms with Crippen LogP contribution < -0.4 is 0 Å². The molecule has 2 rings (SSSR count). The van der Waals surface area contributed by atoms with E-state index in [1.165, 1.54) is 6.92 Å². The molecule has 2 bridgehead atoms. The third kappa shape index (κ3) is 1.32. The van der Waals surface area contributed by atoms with Crippen molar-refractivity contribution in [2.24, 2.45) is 16.7 Å². The summed E-state index contributed by atoms with van der Waals surface area (Å²) in [6, 6.07) is 0. The molecule has 2 saturated carbocycles. The molecule has 5 heteroatoms. The molecular formula is C12H16N2O3. The van der Waals surface area contributed by atoms with E-state index in [-0.39, 0.29) is 30.0 Å². The van der Waals surface area contributed by atoms with Gasteiger partial charge in [-0.1, -0.05) is 13.8 Å². The second-order valence-electron chi connectivity index (χ2n) is 5.44. The Morgan fingerprint density at radius 2 is 2.24 bits per heavy atom. The molecule has 0 aromatic rings. The van der Waals surface area contributed by atoms with Crippen molar-refractivity contribution in [1.29, 1.82) is 0 Å². The molecule has 5 nitrogen and oxygen atoms in total. The van der Waals surface area contributed by atoms with Crippen LogP contribution in [-0.2, 0) is 14.3 Å². The van der Waals surface area contributed by atoms with Gasteiger partial charge in [0.15, 0.2) is 0 Å². The molecule has 0 aromatic heterocycles. The molecule has 3 unspecified atom stereocenters. The predicted octanol–water partition coefficient (Wildman–Crippen LogP) is 1.23. The average molecular weight is 236 g/mol. The first-order chi connectivity index (χ1) is 7.87. The van der Waals surface area contributed by atoms with Crippen LogP contribution in [0.25, 0.3) is 5.53 Å². The van der Waals surface area contributed by atoms with Crippen molar-refractivity contribution >= 4 is 17.5 Å². The number of carbonyl (C=O) groups excluding carboxylic acids is 2. The average Bonchev–Trinajstić information content (AvgIpc) is 2.61. The molecule has 0 saturated heterocycles. The number of nitrogens with zero attached hydrogens (tertiary/aromatic N) is 2. The number of fused-ring (bicyclic) bond motifs is 2. The highest BCUT2D eigenvalue weighted by Crippen LogP contribution is 2.62. The lowest BCUT2D eigenvalue weighted by Gasteiger charge is -2.33. The van der Waals surface area contributed by atoms with Gasteiger partial charge in [0.2, 0.25) is 5.78 Å². The molecule has 2 fully saturated rings. The fourth-order valence-electron chi connectivity index (χ4n) is 3.30. The lowest BCUT2D eigenvalue weighted by Crippen LogP contribution is -2.39. The second-order valence-corrected chi connectivity index (χ2v) is 5.44. The summed E-state index contributed by atoms with van der Waals surface area (Å²) in [5.41, 5.74) is 8.16. The summed E-state index contributed by atoms with van der Waals surface area (Å²) in [4.78, 5) is 26.2. The Balaban J connectivity index is 2.39. The Labute approximate surface area is 99.8 Å². The SMILES string of the molecule is CC(=O)OCC1(C)C2CCC1(C)C(=O)C2=[N+]=[N-]. The van der Waals surface area contributed by atoms with Crippen molar-refractivity contribution in [3.63, 3.8) is 0 Å². The normalized spacial score (nSPS) is 39.4. The standard InChI is InChI=1S/C12H16N2O3/c1-7(15)17-6-12(3)8-4-5-11(12,2)10(16)9(8)14-13/h8H,4-6H2,1-3H3. The van der Waals surface area contributed by atoms with Crippen LogP contribution in [0.5, 0.6) is 0 Å². The van der Waals surface area contributed by atoms with Crippen LogP contribution in [0.2, 0.25) is 0 Å². The molecule has 0 heterocycles. The number of Topliss-reactive ketones (excluding diaryl/α,β-unsaturated/α-hetero) is 1. The summed E-state index contributed by atoms with van der Waals surface area (Å²) in [5.74, 6) is -0.564. The van der Waals surface area contributed by atoms with Crippen molar-refractivity contribution in [3.8, 4) is 0 Å². The van der Waals surface area contributed by atoms with Crippen LogP contribution in [0.4, 0.5) is 0 Å². The summed E-state index contributed by atoms with van der Waals surface area (Å²) < 4.78 is 5.09. The van der Waals surface area contributed by atoms with Crippen molar-refractivity contribution in [1.82, 2.24) is 0 Å². The third-order valence-corrected chi connectivity index (χ3v) is 4.71. The van der Waals surface area contributed by atoms with Crippen molar-refractivity contribution in [2.45, 2.75) is 33.6 Å². The van der Waals surface area contributed by atoms with Crippen LogP contribution in [0.3, 0.4) is 0 Å². The number of rotatable bonds is 2. The number of ketones is 1. The van der Waals surface area contributed by atoms with Gasteiger partial charge in [-0.15, -0.1) is 0 Å². The largest absolute Gasteiger partial charge is 0.465 e. The second kappa shape index (κ2) is 3.50. The Morgan fingerprint density at radius 3 is 2.71 bits per heavy atom. The Bertz CT molecular complexity index is 453. The van der Waals surface area contributed by atoms with E-state index >= 15 is 0 Å². The van der Waals surface area contributed by atoms with Gasteiger partial charge >= 0.3 is 11.7 Å². The Hall–Kier alpha value is -1.48. The molecule has 2 aliphatic carbocycles. The van der Waals surface area contributed by atoms with E-state index in [2.05, 4.69) is 4.79 Å². The van der Waals surface area contributed by atoms with Crippen molar-refractivity contribution < 1.29 is 19.1 Å². The highest BCUT2D eigenvalue weighted by Gasteiger charge is 2.71. The summed E-state index contributed by atoms with van der Waals surface area (Å²) in [6.07, 6.45) is 1.56. The lowest BCUT2D eigenvalue weighted by atomic mass is 9.69. The van der Waals surface area contributed by atoms with Gasteiger partial charge in [-0.2, -0.15) is 4.79 Å². The Kier molecular flexibility index (Phi) is 2.47. The molecule has 0 N–H and O–H groups in total. The van der Waals surface area contributed by atoms with E-state index < -0.39 is 10.8 Å². The fraction of sp³-hybridized carbons (Fsp3) is 0.750. The highest BCUT2D eigenvalue weighted by atomic mass is 16.5.